The van der Waals surface area contributed by atoms with Crippen molar-refractivity contribution < 1.29 is 4.79 Å². The van der Waals surface area contributed by atoms with E-state index in [0.29, 0.717) is 6.42 Å². The molecule has 2 aromatic carbocycles. The van der Waals surface area contributed by atoms with E-state index in [-0.39, 0.29) is 5.91 Å². The maximum absolute atomic E-state index is 12.2. The summed E-state index contributed by atoms with van der Waals surface area (Å²) in [6.07, 6.45) is 3.22. The number of aromatic amines is 1. The van der Waals surface area contributed by atoms with Crippen molar-refractivity contribution in [1.29, 1.82) is 0 Å². The maximum atomic E-state index is 12.2. The molecule has 0 radical (unpaired) electrons. The first-order valence-corrected chi connectivity index (χ1v) is 7.56. The van der Waals surface area contributed by atoms with Crippen LogP contribution in [0.5, 0.6) is 0 Å². The van der Waals surface area contributed by atoms with Gasteiger partial charge in [-0.1, -0.05) is 36.4 Å². The number of benzene rings is 2. The second-order valence-corrected chi connectivity index (χ2v) is 5.67. The van der Waals surface area contributed by atoms with E-state index in [1.165, 1.54) is 10.9 Å². The molecule has 0 spiro atoms. The van der Waals surface area contributed by atoms with Gasteiger partial charge < -0.3 is 10.3 Å². The summed E-state index contributed by atoms with van der Waals surface area (Å²) in [6.45, 7) is 4.03. The minimum Gasteiger partial charge on any atom is -0.361 e. The Labute approximate surface area is 130 Å². The molecule has 3 nitrogen and oxygen atoms in total. The van der Waals surface area contributed by atoms with E-state index in [4.69, 9.17) is 0 Å². The lowest BCUT2D eigenvalue weighted by Crippen LogP contribution is -2.14. The summed E-state index contributed by atoms with van der Waals surface area (Å²) < 4.78 is 0. The molecule has 0 atom stereocenters. The first-order chi connectivity index (χ1) is 10.6. The zero-order chi connectivity index (χ0) is 15.5. The molecule has 0 saturated heterocycles. The van der Waals surface area contributed by atoms with Gasteiger partial charge in [0.2, 0.25) is 5.91 Å². The quantitative estimate of drug-likeness (QED) is 0.737. The molecule has 2 N–H and O–H groups in total. The first kappa shape index (κ1) is 14.4. The van der Waals surface area contributed by atoms with Crippen LogP contribution in [0.4, 0.5) is 5.69 Å². The number of hydrogen-bond acceptors (Lipinski definition) is 1. The molecule has 0 aliphatic heterocycles. The molecule has 0 bridgehead atoms. The van der Waals surface area contributed by atoms with Crippen molar-refractivity contribution in [3.63, 3.8) is 0 Å². The number of nitrogens with one attached hydrogen (secondary N) is 2. The van der Waals surface area contributed by atoms with E-state index < -0.39 is 0 Å². The highest BCUT2D eigenvalue weighted by Gasteiger charge is 2.09. The molecular formula is C19H20N2O. The minimum atomic E-state index is 0.0580. The summed E-state index contributed by atoms with van der Waals surface area (Å²) in [5, 5.41) is 4.24. The zero-order valence-corrected chi connectivity index (χ0v) is 12.9. The maximum Gasteiger partial charge on any atom is 0.224 e. The average Bonchev–Trinajstić information content (AvgIpc) is 2.92. The number of carbonyl (C=O) groups excluding carboxylic acids is 1. The highest BCUT2D eigenvalue weighted by molar-refractivity contribution is 5.93. The van der Waals surface area contributed by atoms with Gasteiger partial charge in [0.05, 0.1) is 0 Å². The lowest BCUT2D eigenvalue weighted by Gasteiger charge is -2.11. The molecule has 0 aliphatic rings. The fourth-order valence-electron chi connectivity index (χ4n) is 2.80. The monoisotopic (exact) mass is 292 g/mol. The molecule has 0 unspecified atom stereocenters. The summed E-state index contributed by atoms with van der Waals surface area (Å²) in [6, 6.07) is 14.2. The van der Waals surface area contributed by atoms with Gasteiger partial charge in [0.15, 0.2) is 0 Å². The van der Waals surface area contributed by atoms with Crippen molar-refractivity contribution in [1.82, 2.24) is 4.98 Å². The standard InChI is InChI=1S/C19H20N2O/c1-13-6-5-7-14(2)19(13)21-18(22)11-10-15-12-20-17-9-4-3-8-16(15)17/h3-9,12,20H,10-11H2,1-2H3,(H,21,22). The number of amides is 1. The summed E-state index contributed by atoms with van der Waals surface area (Å²) in [4.78, 5) is 15.5. The Kier molecular flexibility index (Phi) is 3.96. The van der Waals surface area contributed by atoms with Crippen LogP contribution in [0, 0.1) is 13.8 Å². The van der Waals surface area contributed by atoms with Gasteiger partial charge >= 0.3 is 0 Å². The van der Waals surface area contributed by atoms with Crippen LogP contribution in [-0.4, -0.2) is 10.9 Å². The third kappa shape index (κ3) is 2.89. The van der Waals surface area contributed by atoms with Gasteiger partial charge in [-0.25, -0.2) is 0 Å². The van der Waals surface area contributed by atoms with E-state index in [1.54, 1.807) is 0 Å². The largest absolute Gasteiger partial charge is 0.361 e. The van der Waals surface area contributed by atoms with Gasteiger partial charge in [0.25, 0.3) is 0 Å². The van der Waals surface area contributed by atoms with E-state index >= 15 is 0 Å². The normalized spacial score (nSPS) is 10.8. The number of fused-ring (bicyclic) bond motifs is 1. The fourth-order valence-corrected chi connectivity index (χ4v) is 2.80. The first-order valence-electron chi connectivity index (χ1n) is 7.56. The summed E-state index contributed by atoms with van der Waals surface area (Å²) in [5.74, 6) is 0.0580. The van der Waals surface area contributed by atoms with Crippen LogP contribution in [-0.2, 0) is 11.2 Å². The second-order valence-electron chi connectivity index (χ2n) is 5.67. The van der Waals surface area contributed by atoms with Crippen LogP contribution < -0.4 is 5.32 Å². The molecule has 112 valence electrons. The molecule has 3 aromatic rings. The molecule has 1 heterocycles. The van der Waals surface area contributed by atoms with Gasteiger partial charge in [0, 0.05) is 29.2 Å². The molecule has 0 saturated carbocycles. The Balaban J connectivity index is 1.68. The Morgan fingerprint density at radius 2 is 1.77 bits per heavy atom. The van der Waals surface area contributed by atoms with E-state index in [2.05, 4.69) is 22.4 Å². The van der Waals surface area contributed by atoms with Gasteiger partial charge in [-0.05, 0) is 43.0 Å². The predicted molar refractivity (Wildman–Crippen MR) is 91.2 cm³/mol. The van der Waals surface area contributed by atoms with Crippen molar-refractivity contribution >= 4 is 22.5 Å². The van der Waals surface area contributed by atoms with Crippen LogP contribution in [0.3, 0.4) is 0 Å². The third-order valence-corrected chi connectivity index (χ3v) is 4.04. The van der Waals surface area contributed by atoms with Crippen LogP contribution in [0.15, 0.2) is 48.7 Å². The molecule has 0 aliphatic carbocycles. The van der Waals surface area contributed by atoms with Gasteiger partial charge in [-0.3, -0.25) is 4.79 Å². The number of carbonyl (C=O) groups is 1. The lowest BCUT2D eigenvalue weighted by atomic mass is 10.1. The molecule has 3 rings (SSSR count). The molecule has 1 aromatic heterocycles. The molecular weight excluding hydrogens is 272 g/mol. The number of aryl methyl sites for hydroxylation is 3. The van der Waals surface area contributed by atoms with Crippen molar-refractivity contribution in [3.8, 4) is 0 Å². The molecule has 3 heteroatoms. The number of hydrogen-bond donors (Lipinski definition) is 2. The predicted octanol–water partition coefficient (Wildman–Crippen LogP) is 4.36. The number of anilines is 1. The van der Waals surface area contributed by atoms with Crippen LogP contribution in [0.25, 0.3) is 10.9 Å². The van der Waals surface area contributed by atoms with Crippen molar-refractivity contribution in [2.75, 3.05) is 5.32 Å². The number of para-hydroxylation sites is 2. The highest BCUT2D eigenvalue weighted by Crippen LogP contribution is 2.21. The van der Waals surface area contributed by atoms with Crippen LogP contribution >= 0.6 is 0 Å². The van der Waals surface area contributed by atoms with E-state index in [9.17, 15) is 4.79 Å². The summed E-state index contributed by atoms with van der Waals surface area (Å²) in [5.41, 5.74) is 5.44. The van der Waals surface area contributed by atoms with Crippen molar-refractivity contribution in [2.24, 2.45) is 0 Å². The Morgan fingerprint density at radius 3 is 2.55 bits per heavy atom. The Morgan fingerprint density at radius 1 is 1.05 bits per heavy atom. The molecule has 0 fully saturated rings. The Bertz CT molecular complexity index is 797. The molecule has 22 heavy (non-hydrogen) atoms. The molecule has 1 amide bonds. The summed E-state index contributed by atoms with van der Waals surface area (Å²) >= 11 is 0. The van der Waals surface area contributed by atoms with Crippen LogP contribution in [0.2, 0.25) is 0 Å². The van der Waals surface area contributed by atoms with Crippen LogP contribution in [0.1, 0.15) is 23.1 Å². The highest BCUT2D eigenvalue weighted by atomic mass is 16.1. The third-order valence-electron chi connectivity index (χ3n) is 4.04. The van der Waals surface area contributed by atoms with E-state index in [0.717, 1.165) is 28.8 Å². The minimum absolute atomic E-state index is 0.0580. The van der Waals surface area contributed by atoms with Gasteiger partial charge in [-0.2, -0.15) is 0 Å². The SMILES string of the molecule is Cc1cccc(C)c1NC(=O)CCc1c[nH]c2ccccc12. The lowest BCUT2D eigenvalue weighted by molar-refractivity contribution is -0.116. The van der Waals surface area contributed by atoms with E-state index in [1.807, 2.05) is 50.4 Å². The smallest absolute Gasteiger partial charge is 0.224 e. The van der Waals surface area contributed by atoms with Gasteiger partial charge in [0.1, 0.15) is 0 Å². The number of H-pyrrole nitrogens is 1. The second kappa shape index (κ2) is 6.06. The fraction of sp³-hybridized carbons (Fsp3) is 0.211. The van der Waals surface area contributed by atoms with Gasteiger partial charge in [-0.15, -0.1) is 0 Å². The topological polar surface area (TPSA) is 44.9 Å². The zero-order valence-electron chi connectivity index (χ0n) is 12.9. The Hall–Kier alpha value is -2.55. The summed E-state index contributed by atoms with van der Waals surface area (Å²) in [7, 11) is 0. The number of rotatable bonds is 4. The number of aromatic nitrogens is 1. The average molecular weight is 292 g/mol. The van der Waals surface area contributed by atoms with Crippen molar-refractivity contribution in [3.05, 3.63) is 65.4 Å². The van der Waals surface area contributed by atoms with Crippen molar-refractivity contribution in [2.45, 2.75) is 26.7 Å².